The Balaban J connectivity index is 2.18. The number of rotatable bonds is 3. The second kappa shape index (κ2) is 6.13. The van der Waals surface area contributed by atoms with E-state index in [2.05, 4.69) is 13.8 Å². The first-order chi connectivity index (χ1) is 11.0. The highest BCUT2D eigenvalue weighted by molar-refractivity contribution is 7.71. The number of benzene rings is 2. The van der Waals surface area contributed by atoms with Crippen LogP contribution < -0.4 is 5.76 Å². The fraction of sp³-hybridized carbons (Fsp3) is 0.263. The normalized spacial score (nSPS) is 12.5. The molecule has 1 heterocycles. The number of hydrogen-bond acceptors (Lipinski definition) is 3. The van der Waals surface area contributed by atoms with E-state index in [1.165, 1.54) is 10.1 Å². The minimum Gasteiger partial charge on any atom is -0.409 e. The van der Waals surface area contributed by atoms with E-state index in [0.29, 0.717) is 16.1 Å². The number of hydrogen-bond donors (Lipinski definition) is 0. The number of fused-ring (bicyclic) bond motifs is 1. The second-order valence-electron chi connectivity index (χ2n) is 5.91. The molecule has 0 amide bonds. The molecule has 1 aromatic heterocycles. The summed E-state index contributed by atoms with van der Waals surface area (Å²) in [6.45, 7) is 6.30. The van der Waals surface area contributed by atoms with Crippen molar-refractivity contribution in [2.45, 2.75) is 33.1 Å². The third-order valence-electron chi connectivity index (χ3n) is 4.28. The molecule has 1 atom stereocenters. The van der Waals surface area contributed by atoms with Crippen molar-refractivity contribution in [3.8, 4) is 5.69 Å². The smallest absolute Gasteiger partial charge is 0.409 e. The molecule has 0 saturated heterocycles. The van der Waals surface area contributed by atoms with E-state index in [4.69, 9.17) is 16.6 Å². The van der Waals surface area contributed by atoms with Gasteiger partial charge < -0.3 is 4.42 Å². The average molecular weight is 325 g/mol. The van der Waals surface area contributed by atoms with Crippen LogP contribution in [0.5, 0.6) is 0 Å². The van der Waals surface area contributed by atoms with Gasteiger partial charge in [-0.2, -0.15) is 0 Å². The van der Waals surface area contributed by atoms with Gasteiger partial charge in [-0.15, -0.1) is 0 Å². The molecule has 0 bridgehead atoms. The summed E-state index contributed by atoms with van der Waals surface area (Å²) in [5, 5.41) is 0.774. The Hall–Kier alpha value is -2.20. The molecule has 0 fully saturated rings. The predicted molar refractivity (Wildman–Crippen MR) is 96.1 cm³/mol. The van der Waals surface area contributed by atoms with Gasteiger partial charge in [0.15, 0.2) is 0 Å². The Morgan fingerprint density at radius 3 is 2.52 bits per heavy atom. The molecule has 3 rings (SSSR count). The second-order valence-corrected chi connectivity index (χ2v) is 6.30. The molecule has 0 aliphatic carbocycles. The van der Waals surface area contributed by atoms with Gasteiger partial charge in [-0.25, -0.2) is 9.36 Å². The van der Waals surface area contributed by atoms with E-state index in [1.54, 1.807) is 0 Å². The van der Waals surface area contributed by atoms with Gasteiger partial charge in [0, 0.05) is 0 Å². The van der Waals surface area contributed by atoms with Crippen molar-refractivity contribution < 1.29 is 4.42 Å². The number of aromatic nitrogens is 1. The van der Waals surface area contributed by atoms with Crippen molar-refractivity contribution in [1.29, 1.82) is 0 Å². The lowest BCUT2D eigenvalue weighted by Crippen LogP contribution is -2.18. The lowest BCUT2D eigenvalue weighted by Gasteiger charge is -2.11. The van der Waals surface area contributed by atoms with E-state index in [0.717, 1.165) is 23.1 Å². The molecular formula is C19H19NO2S. The lowest BCUT2D eigenvalue weighted by molar-refractivity contribution is 0.507. The first kappa shape index (κ1) is 15.7. The minimum atomic E-state index is -0.454. The van der Waals surface area contributed by atoms with Crippen LogP contribution >= 0.6 is 12.2 Å². The van der Waals surface area contributed by atoms with Crippen LogP contribution in [0.4, 0.5) is 0 Å². The van der Waals surface area contributed by atoms with Crippen molar-refractivity contribution >= 4 is 23.2 Å². The molecule has 0 aliphatic rings. The van der Waals surface area contributed by atoms with E-state index < -0.39 is 5.76 Å². The Morgan fingerprint density at radius 2 is 1.87 bits per heavy atom. The summed E-state index contributed by atoms with van der Waals surface area (Å²) < 4.78 is 7.38. The zero-order valence-electron chi connectivity index (χ0n) is 13.5. The van der Waals surface area contributed by atoms with Crippen LogP contribution in [0.1, 0.15) is 37.3 Å². The Kier molecular flexibility index (Phi) is 4.18. The summed E-state index contributed by atoms with van der Waals surface area (Å²) in [5.74, 6) is 0.0393. The average Bonchev–Trinajstić information content (AvgIpc) is 2.54. The zero-order valence-corrected chi connectivity index (χ0v) is 14.3. The molecule has 0 N–H and O–H groups in total. The SMILES string of the molecule is CCC(C)c1ccc(-n2c(=O)oc3cc(C)ccc3c2=S)cc1. The number of aryl methyl sites for hydroxylation is 1. The van der Waals surface area contributed by atoms with Crippen LogP contribution in [0.25, 0.3) is 16.7 Å². The van der Waals surface area contributed by atoms with Gasteiger partial charge in [0.2, 0.25) is 0 Å². The van der Waals surface area contributed by atoms with Crippen molar-refractivity contribution in [3.63, 3.8) is 0 Å². The van der Waals surface area contributed by atoms with Crippen LogP contribution in [0.3, 0.4) is 0 Å². The van der Waals surface area contributed by atoms with Gasteiger partial charge in [0.05, 0.1) is 11.1 Å². The summed E-state index contributed by atoms with van der Waals surface area (Å²) in [6.07, 6.45) is 1.08. The van der Waals surface area contributed by atoms with E-state index in [1.807, 2.05) is 49.4 Å². The van der Waals surface area contributed by atoms with Crippen LogP contribution in [0.2, 0.25) is 0 Å². The predicted octanol–water partition coefficient (Wildman–Crippen LogP) is 5.14. The van der Waals surface area contributed by atoms with Gasteiger partial charge >= 0.3 is 5.76 Å². The standard InChI is InChI=1S/C19H19NO2S/c1-4-13(3)14-6-8-15(9-7-14)20-18(23)16-10-5-12(2)11-17(16)22-19(20)21/h5-11,13H,4H2,1-3H3. The first-order valence-corrected chi connectivity index (χ1v) is 8.19. The highest BCUT2D eigenvalue weighted by atomic mass is 32.1. The molecule has 4 heteroatoms. The van der Waals surface area contributed by atoms with Crippen LogP contribution in [-0.2, 0) is 0 Å². The van der Waals surface area contributed by atoms with Crippen molar-refractivity contribution in [3.05, 3.63) is 68.8 Å². The van der Waals surface area contributed by atoms with Gasteiger partial charge in [0.1, 0.15) is 10.2 Å². The van der Waals surface area contributed by atoms with Crippen LogP contribution in [0, 0.1) is 11.6 Å². The molecule has 0 spiro atoms. The van der Waals surface area contributed by atoms with Crippen molar-refractivity contribution in [1.82, 2.24) is 4.57 Å². The molecule has 3 aromatic rings. The maximum atomic E-state index is 12.4. The van der Waals surface area contributed by atoms with Gasteiger partial charge in [-0.3, -0.25) is 0 Å². The summed E-state index contributed by atoms with van der Waals surface area (Å²) in [4.78, 5) is 12.4. The summed E-state index contributed by atoms with van der Waals surface area (Å²) in [7, 11) is 0. The first-order valence-electron chi connectivity index (χ1n) is 7.78. The molecule has 1 unspecified atom stereocenters. The molecule has 118 valence electrons. The molecule has 0 saturated carbocycles. The largest absolute Gasteiger partial charge is 0.425 e. The van der Waals surface area contributed by atoms with Crippen molar-refractivity contribution in [2.24, 2.45) is 0 Å². The minimum absolute atomic E-state index is 0.454. The molecule has 0 aliphatic heterocycles. The molecular weight excluding hydrogens is 306 g/mol. The maximum Gasteiger partial charge on any atom is 0.425 e. The topological polar surface area (TPSA) is 35.1 Å². The highest BCUT2D eigenvalue weighted by Gasteiger charge is 2.10. The van der Waals surface area contributed by atoms with E-state index >= 15 is 0 Å². The molecule has 2 aromatic carbocycles. The van der Waals surface area contributed by atoms with E-state index in [-0.39, 0.29) is 0 Å². The Labute approximate surface area is 140 Å². The van der Waals surface area contributed by atoms with Gasteiger partial charge in [-0.05, 0) is 54.7 Å². The molecule has 0 radical (unpaired) electrons. The fourth-order valence-electron chi connectivity index (χ4n) is 2.64. The van der Waals surface area contributed by atoms with Crippen molar-refractivity contribution in [2.75, 3.05) is 0 Å². The maximum absolute atomic E-state index is 12.4. The quantitative estimate of drug-likeness (QED) is 0.626. The third kappa shape index (κ3) is 2.86. The van der Waals surface area contributed by atoms with Gasteiger partial charge in [-0.1, -0.05) is 44.3 Å². The van der Waals surface area contributed by atoms with E-state index in [9.17, 15) is 4.79 Å². The highest BCUT2D eigenvalue weighted by Crippen LogP contribution is 2.21. The molecule has 23 heavy (non-hydrogen) atoms. The fourth-order valence-corrected chi connectivity index (χ4v) is 2.99. The number of nitrogens with zero attached hydrogens (tertiary/aromatic N) is 1. The Morgan fingerprint density at radius 1 is 1.17 bits per heavy atom. The zero-order chi connectivity index (χ0) is 16.6. The summed E-state index contributed by atoms with van der Waals surface area (Å²) in [5.41, 5.74) is 3.56. The summed E-state index contributed by atoms with van der Waals surface area (Å²) in [6, 6.07) is 13.6. The van der Waals surface area contributed by atoms with Crippen LogP contribution in [-0.4, -0.2) is 4.57 Å². The van der Waals surface area contributed by atoms with Crippen LogP contribution in [0.15, 0.2) is 51.7 Å². The van der Waals surface area contributed by atoms with Gasteiger partial charge in [0.25, 0.3) is 0 Å². The monoisotopic (exact) mass is 325 g/mol. The Bertz CT molecular complexity index is 967. The molecule has 3 nitrogen and oxygen atoms in total. The third-order valence-corrected chi connectivity index (χ3v) is 4.69. The lowest BCUT2D eigenvalue weighted by atomic mass is 9.99. The summed E-state index contributed by atoms with van der Waals surface area (Å²) >= 11 is 5.52.